The lowest BCUT2D eigenvalue weighted by Crippen LogP contribution is -2.48. The third-order valence-electron chi connectivity index (χ3n) is 6.55. The van der Waals surface area contributed by atoms with Gasteiger partial charge in [-0.1, -0.05) is 0 Å². The fourth-order valence-electron chi connectivity index (χ4n) is 4.98. The summed E-state index contributed by atoms with van der Waals surface area (Å²) < 4.78 is 34.3. The Balaban J connectivity index is 1.72. The average Bonchev–Trinajstić information content (AvgIpc) is 3.25. The lowest BCUT2D eigenvalue weighted by Gasteiger charge is -2.34. The number of ether oxygens (including phenoxy) is 1. The van der Waals surface area contributed by atoms with Crippen molar-refractivity contribution in [1.29, 1.82) is 0 Å². The Bertz CT molecular complexity index is 1140. The van der Waals surface area contributed by atoms with E-state index in [0.717, 1.165) is 21.4 Å². The maximum absolute atomic E-state index is 13.7. The van der Waals surface area contributed by atoms with Crippen molar-refractivity contribution in [3.05, 3.63) is 15.6 Å². The second-order valence-corrected chi connectivity index (χ2v) is 13.4. The first-order valence-electron chi connectivity index (χ1n) is 11.7. The van der Waals surface area contributed by atoms with Crippen molar-refractivity contribution in [3.8, 4) is 0 Å². The molecule has 11 nitrogen and oxygen atoms in total. The molecule has 3 aliphatic rings. The summed E-state index contributed by atoms with van der Waals surface area (Å²) in [5.41, 5.74) is -0.115. The van der Waals surface area contributed by atoms with Crippen molar-refractivity contribution < 1.29 is 27.5 Å². The molecule has 2 aliphatic heterocycles. The van der Waals surface area contributed by atoms with Crippen LogP contribution in [0, 0.1) is 5.92 Å². The molecule has 1 saturated carbocycles. The number of fused-ring (bicyclic) bond motifs is 2. The summed E-state index contributed by atoms with van der Waals surface area (Å²) in [4.78, 5) is 48.4. The van der Waals surface area contributed by atoms with Crippen molar-refractivity contribution in [2.45, 2.75) is 70.7 Å². The minimum absolute atomic E-state index is 0.0831. The molecular formula is C22H33N5O6S2. The lowest BCUT2D eigenvalue weighted by molar-refractivity contribution is -0.134. The first-order chi connectivity index (χ1) is 16.2. The monoisotopic (exact) mass is 527 g/mol. The summed E-state index contributed by atoms with van der Waals surface area (Å²) in [6, 6.07) is -1.67. The standard InChI is InChI=1S/C22H33N5O6S2/c1-22(2,3)33-21(30)27-15-8-7-13(19(28)24(4)5)11-16(15)26(35(27,31)32)20(29)18-23-14-9-10-25(6)12-17(14)34-18/h13,15-16H,7-12H2,1-6H3/t13-,15?,16?/m0/s1. The molecule has 0 N–H and O–H groups in total. The smallest absolute Gasteiger partial charge is 0.425 e. The van der Waals surface area contributed by atoms with E-state index >= 15 is 0 Å². The van der Waals surface area contributed by atoms with Crippen molar-refractivity contribution in [2.24, 2.45) is 5.92 Å². The van der Waals surface area contributed by atoms with Crippen LogP contribution < -0.4 is 0 Å². The number of carbonyl (C=O) groups excluding carboxylic acids is 3. The van der Waals surface area contributed by atoms with Gasteiger partial charge in [-0.2, -0.15) is 12.7 Å². The van der Waals surface area contributed by atoms with Crippen LogP contribution in [-0.2, 0) is 32.7 Å². The molecule has 1 aromatic heterocycles. The zero-order chi connectivity index (χ0) is 25.9. The van der Waals surface area contributed by atoms with Gasteiger partial charge in [-0.25, -0.2) is 14.1 Å². The highest BCUT2D eigenvalue weighted by Crippen LogP contribution is 2.42. The van der Waals surface area contributed by atoms with E-state index in [9.17, 15) is 22.8 Å². The maximum atomic E-state index is 13.7. The summed E-state index contributed by atoms with van der Waals surface area (Å²) in [6.07, 6.45) is 0.473. The lowest BCUT2D eigenvalue weighted by atomic mass is 9.81. The van der Waals surface area contributed by atoms with Gasteiger partial charge in [-0.05, 0) is 47.1 Å². The predicted molar refractivity (Wildman–Crippen MR) is 129 cm³/mol. The third kappa shape index (κ3) is 4.77. The Morgan fingerprint density at radius 3 is 2.43 bits per heavy atom. The first-order valence-corrected chi connectivity index (χ1v) is 13.9. The molecule has 3 amide bonds. The molecule has 13 heteroatoms. The molecule has 3 atom stereocenters. The fourth-order valence-corrected chi connectivity index (χ4v) is 8.03. The molecule has 1 saturated heterocycles. The van der Waals surface area contributed by atoms with Crippen LogP contribution >= 0.6 is 11.3 Å². The van der Waals surface area contributed by atoms with Crippen LogP contribution in [-0.4, -0.2) is 95.1 Å². The summed E-state index contributed by atoms with van der Waals surface area (Å²) in [7, 11) is 0.729. The number of hydrogen-bond acceptors (Lipinski definition) is 9. The van der Waals surface area contributed by atoms with E-state index in [1.807, 2.05) is 7.05 Å². The average molecular weight is 528 g/mol. The summed E-state index contributed by atoms with van der Waals surface area (Å²) in [6.45, 7) is 6.40. The van der Waals surface area contributed by atoms with Gasteiger partial charge < -0.3 is 14.5 Å². The van der Waals surface area contributed by atoms with E-state index in [0.29, 0.717) is 23.7 Å². The summed E-state index contributed by atoms with van der Waals surface area (Å²) in [5, 5.41) is 0.0831. The largest absolute Gasteiger partial charge is 0.443 e. The minimum Gasteiger partial charge on any atom is -0.443 e. The first kappa shape index (κ1) is 25.8. The van der Waals surface area contributed by atoms with Crippen LogP contribution in [0.1, 0.15) is 60.4 Å². The molecule has 2 fully saturated rings. The molecule has 2 unspecified atom stereocenters. The zero-order valence-electron chi connectivity index (χ0n) is 21.0. The van der Waals surface area contributed by atoms with Gasteiger partial charge in [0.15, 0.2) is 5.01 Å². The van der Waals surface area contributed by atoms with E-state index in [2.05, 4.69) is 9.88 Å². The van der Waals surface area contributed by atoms with Gasteiger partial charge in [0, 0.05) is 44.4 Å². The molecule has 35 heavy (non-hydrogen) atoms. The van der Waals surface area contributed by atoms with E-state index < -0.39 is 45.8 Å². The Kier molecular flexibility index (Phi) is 6.64. The van der Waals surface area contributed by atoms with Gasteiger partial charge in [0.25, 0.3) is 5.91 Å². The molecule has 0 aromatic carbocycles. The fraction of sp³-hybridized carbons (Fsp3) is 0.727. The van der Waals surface area contributed by atoms with Crippen LogP contribution in [0.25, 0.3) is 0 Å². The number of nitrogens with zero attached hydrogens (tertiary/aromatic N) is 5. The number of rotatable bonds is 2. The molecule has 1 aliphatic carbocycles. The van der Waals surface area contributed by atoms with E-state index in [1.165, 1.54) is 16.2 Å². The van der Waals surface area contributed by atoms with Gasteiger partial charge in [-0.15, -0.1) is 11.3 Å². The normalized spacial score (nSPS) is 26.2. The van der Waals surface area contributed by atoms with Crippen LogP contribution in [0.3, 0.4) is 0 Å². The minimum atomic E-state index is -4.54. The SMILES string of the molecule is CN1CCc2nc(C(=O)N3C4C[C@@H](C(=O)N(C)C)CCC4N(C(=O)OC(C)(C)C)S3(=O)=O)sc2C1. The number of thiazole rings is 1. The summed E-state index contributed by atoms with van der Waals surface area (Å²) >= 11 is 1.19. The summed E-state index contributed by atoms with van der Waals surface area (Å²) in [5.74, 6) is -1.34. The van der Waals surface area contributed by atoms with E-state index in [-0.39, 0.29) is 23.8 Å². The molecular weight excluding hydrogens is 494 g/mol. The molecule has 194 valence electrons. The van der Waals surface area contributed by atoms with Crippen molar-refractivity contribution >= 4 is 39.5 Å². The van der Waals surface area contributed by atoms with Crippen LogP contribution in [0.4, 0.5) is 4.79 Å². The van der Waals surface area contributed by atoms with Crippen LogP contribution in [0.5, 0.6) is 0 Å². The molecule has 0 radical (unpaired) electrons. The topological polar surface area (TPSA) is 120 Å². The van der Waals surface area contributed by atoms with E-state index in [1.54, 1.807) is 34.9 Å². The van der Waals surface area contributed by atoms with Crippen molar-refractivity contribution in [1.82, 2.24) is 23.4 Å². The van der Waals surface area contributed by atoms with Crippen molar-refractivity contribution in [2.75, 3.05) is 27.7 Å². The second kappa shape index (κ2) is 9.00. The Morgan fingerprint density at radius 1 is 1.11 bits per heavy atom. The zero-order valence-corrected chi connectivity index (χ0v) is 22.6. The highest BCUT2D eigenvalue weighted by atomic mass is 32.2. The highest BCUT2D eigenvalue weighted by Gasteiger charge is 2.59. The second-order valence-electron chi connectivity index (χ2n) is 10.6. The molecule has 1 aromatic rings. The number of hydrogen-bond donors (Lipinski definition) is 0. The van der Waals surface area contributed by atoms with E-state index in [4.69, 9.17) is 4.74 Å². The third-order valence-corrected chi connectivity index (χ3v) is 9.47. The number of amides is 3. The predicted octanol–water partition coefficient (Wildman–Crippen LogP) is 1.69. The Morgan fingerprint density at radius 2 is 1.80 bits per heavy atom. The van der Waals surface area contributed by atoms with Gasteiger partial charge >= 0.3 is 16.3 Å². The Hall–Kier alpha value is -2.25. The highest BCUT2D eigenvalue weighted by molar-refractivity contribution is 7.88. The quantitative estimate of drug-likeness (QED) is 0.570. The van der Waals surface area contributed by atoms with Crippen LogP contribution in [0.2, 0.25) is 0 Å². The number of carbonyl (C=O) groups is 3. The van der Waals surface area contributed by atoms with Crippen LogP contribution in [0.15, 0.2) is 0 Å². The maximum Gasteiger partial charge on any atom is 0.425 e. The number of likely N-dealkylation sites (N-methyl/N-ethyl adjacent to an activating group) is 1. The molecule has 4 rings (SSSR count). The van der Waals surface area contributed by atoms with Gasteiger partial charge in [0.1, 0.15) is 5.60 Å². The van der Waals surface area contributed by atoms with Gasteiger partial charge in [-0.3, -0.25) is 9.59 Å². The van der Waals surface area contributed by atoms with Gasteiger partial charge in [0.05, 0.1) is 17.8 Å². The number of aromatic nitrogens is 1. The molecule has 0 bridgehead atoms. The Labute approximate surface area is 210 Å². The van der Waals surface area contributed by atoms with Gasteiger partial charge in [0.2, 0.25) is 5.91 Å². The molecule has 3 heterocycles. The van der Waals surface area contributed by atoms with Crippen molar-refractivity contribution in [3.63, 3.8) is 0 Å². The molecule has 0 spiro atoms.